The fourth-order valence-corrected chi connectivity index (χ4v) is 2.67. The van der Waals surface area contributed by atoms with Crippen LogP contribution >= 0.6 is 11.6 Å². The molecule has 0 aromatic carbocycles. The number of fused-ring (bicyclic) bond motifs is 1. The Balaban J connectivity index is 0.000000924. The van der Waals surface area contributed by atoms with Crippen molar-refractivity contribution in [3.63, 3.8) is 0 Å². The van der Waals surface area contributed by atoms with Gasteiger partial charge in [-0.15, -0.1) is 0 Å². The highest BCUT2D eigenvalue weighted by Crippen LogP contribution is 2.31. The van der Waals surface area contributed by atoms with E-state index in [1.165, 1.54) is 6.92 Å². The lowest BCUT2D eigenvalue weighted by molar-refractivity contribution is -0.145. The van der Waals surface area contributed by atoms with Crippen molar-refractivity contribution in [3.8, 4) is 0 Å². The molecule has 0 radical (unpaired) electrons. The topological polar surface area (TPSA) is 79.1 Å². The Morgan fingerprint density at radius 2 is 2.17 bits per heavy atom. The summed E-state index contributed by atoms with van der Waals surface area (Å²) in [5.41, 5.74) is 1.22. The fourth-order valence-electron chi connectivity index (χ4n) is 2.42. The lowest BCUT2D eigenvalue weighted by Crippen LogP contribution is -2.18. The van der Waals surface area contributed by atoms with Gasteiger partial charge in [-0.2, -0.15) is 0 Å². The molecule has 0 amide bonds. The Hall–Kier alpha value is -1.73. The third kappa shape index (κ3) is 3.97. The van der Waals surface area contributed by atoms with Crippen LogP contribution in [0.2, 0.25) is 5.15 Å². The molecule has 126 valence electrons. The van der Waals surface area contributed by atoms with E-state index < -0.39 is 0 Å². The van der Waals surface area contributed by atoms with E-state index in [-0.39, 0.29) is 24.9 Å². The minimum absolute atomic E-state index is 0.102. The summed E-state index contributed by atoms with van der Waals surface area (Å²) in [6, 6.07) is 0. The number of esters is 1. The van der Waals surface area contributed by atoms with Gasteiger partial charge in [0, 0.05) is 6.92 Å². The predicted molar refractivity (Wildman–Crippen MR) is 86.2 cm³/mol. The first-order chi connectivity index (χ1) is 11.0. The van der Waals surface area contributed by atoms with Gasteiger partial charge in [-0.3, -0.25) is 9.36 Å². The third-order valence-electron chi connectivity index (χ3n) is 3.36. The van der Waals surface area contributed by atoms with Gasteiger partial charge in [0.1, 0.15) is 24.2 Å². The Bertz CT molecular complexity index is 689. The predicted octanol–water partition coefficient (Wildman–Crippen LogP) is 3.06. The summed E-state index contributed by atoms with van der Waals surface area (Å²) < 4.78 is 12.7. The van der Waals surface area contributed by atoms with E-state index in [0.717, 1.165) is 12.8 Å². The van der Waals surface area contributed by atoms with Gasteiger partial charge in [0.05, 0.1) is 12.4 Å². The van der Waals surface area contributed by atoms with Crippen LogP contribution in [0.3, 0.4) is 0 Å². The molecule has 0 N–H and O–H groups in total. The van der Waals surface area contributed by atoms with Gasteiger partial charge in [-0.05, 0) is 19.8 Å². The standard InChI is InChI=1S/C13H15ClN4O3.C2H6/c1-7-16-12(14)11-13(17-7)18(6-15-11)10-4-3-9(21-10)5-20-8(2)19;1-2/h6,9-10H,3-5H2,1-2H3;1-2H3/t9-,10?;/m0./s1. The largest absolute Gasteiger partial charge is 0.463 e. The van der Waals surface area contributed by atoms with Crippen molar-refractivity contribution in [2.75, 3.05) is 6.61 Å². The summed E-state index contributed by atoms with van der Waals surface area (Å²) in [4.78, 5) is 23.5. The molecule has 1 aliphatic rings. The number of rotatable bonds is 3. The van der Waals surface area contributed by atoms with Crippen molar-refractivity contribution in [1.29, 1.82) is 0 Å². The second-order valence-corrected chi connectivity index (χ2v) is 5.34. The van der Waals surface area contributed by atoms with E-state index in [9.17, 15) is 4.79 Å². The van der Waals surface area contributed by atoms with Crippen LogP contribution in [0, 0.1) is 6.92 Å². The maximum absolute atomic E-state index is 10.8. The van der Waals surface area contributed by atoms with Gasteiger partial charge in [-0.25, -0.2) is 15.0 Å². The van der Waals surface area contributed by atoms with Crippen LogP contribution in [0.15, 0.2) is 6.33 Å². The first-order valence-corrected chi connectivity index (χ1v) is 8.08. The summed E-state index contributed by atoms with van der Waals surface area (Å²) in [6.07, 6.45) is 2.99. The maximum Gasteiger partial charge on any atom is 0.302 e. The van der Waals surface area contributed by atoms with E-state index in [1.54, 1.807) is 13.3 Å². The third-order valence-corrected chi connectivity index (χ3v) is 3.62. The van der Waals surface area contributed by atoms with E-state index in [1.807, 2.05) is 18.4 Å². The van der Waals surface area contributed by atoms with Crippen molar-refractivity contribution >= 4 is 28.7 Å². The molecule has 1 saturated heterocycles. The lowest BCUT2D eigenvalue weighted by atomic mass is 10.2. The molecule has 3 rings (SSSR count). The van der Waals surface area contributed by atoms with Crippen molar-refractivity contribution in [2.24, 2.45) is 0 Å². The van der Waals surface area contributed by atoms with Crippen LogP contribution < -0.4 is 0 Å². The molecule has 1 fully saturated rings. The lowest BCUT2D eigenvalue weighted by Gasteiger charge is -2.15. The quantitative estimate of drug-likeness (QED) is 0.631. The summed E-state index contributed by atoms with van der Waals surface area (Å²) in [7, 11) is 0. The number of carbonyl (C=O) groups excluding carboxylic acids is 1. The van der Waals surface area contributed by atoms with Gasteiger partial charge >= 0.3 is 5.97 Å². The maximum atomic E-state index is 10.8. The normalized spacial score (nSPS) is 20.2. The van der Waals surface area contributed by atoms with E-state index in [4.69, 9.17) is 21.1 Å². The monoisotopic (exact) mass is 340 g/mol. The number of carbonyl (C=O) groups is 1. The van der Waals surface area contributed by atoms with Gasteiger partial charge < -0.3 is 9.47 Å². The fraction of sp³-hybridized carbons (Fsp3) is 0.600. The van der Waals surface area contributed by atoms with E-state index in [0.29, 0.717) is 22.1 Å². The number of ether oxygens (including phenoxy) is 2. The average molecular weight is 341 g/mol. The first-order valence-electron chi connectivity index (χ1n) is 7.70. The highest BCUT2D eigenvalue weighted by Gasteiger charge is 2.29. The zero-order valence-corrected chi connectivity index (χ0v) is 14.5. The highest BCUT2D eigenvalue weighted by atomic mass is 35.5. The van der Waals surface area contributed by atoms with Crippen molar-refractivity contribution in [1.82, 2.24) is 19.5 Å². The Kier molecular flexibility index (Phi) is 5.90. The first kappa shape index (κ1) is 17.6. The molecule has 0 saturated carbocycles. The van der Waals surface area contributed by atoms with Crippen LogP contribution in [0.25, 0.3) is 11.2 Å². The van der Waals surface area contributed by atoms with E-state index in [2.05, 4.69) is 15.0 Å². The molecule has 7 nitrogen and oxygen atoms in total. The summed E-state index contributed by atoms with van der Waals surface area (Å²) in [5.74, 6) is 0.286. The van der Waals surface area contributed by atoms with E-state index >= 15 is 0 Å². The van der Waals surface area contributed by atoms with Gasteiger partial charge in [0.15, 0.2) is 10.8 Å². The van der Waals surface area contributed by atoms with Crippen LogP contribution in [-0.4, -0.2) is 38.2 Å². The molecular formula is C15H21ClN4O3. The second-order valence-electron chi connectivity index (χ2n) is 4.98. The molecule has 1 aliphatic heterocycles. The number of aromatic nitrogens is 4. The van der Waals surface area contributed by atoms with Crippen LogP contribution in [0.4, 0.5) is 0 Å². The molecule has 2 atom stereocenters. The molecular weight excluding hydrogens is 320 g/mol. The Morgan fingerprint density at radius 1 is 1.43 bits per heavy atom. The Morgan fingerprint density at radius 3 is 2.87 bits per heavy atom. The molecule has 23 heavy (non-hydrogen) atoms. The number of halogens is 1. The second kappa shape index (κ2) is 7.70. The van der Waals surface area contributed by atoms with Crippen LogP contribution in [0.5, 0.6) is 0 Å². The zero-order chi connectivity index (χ0) is 17.0. The smallest absolute Gasteiger partial charge is 0.302 e. The SMILES string of the molecule is CC.CC(=O)OC[C@@H]1CCC(n2cnc3c(Cl)nc(C)nc32)O1. The average Bonchev–Trinajstić information content (AvgIpc) is 3.13. The number of hydrogen-bond donors (Lipinski definition) is 0. The molecule has 2 aromatic heterocycles. The van der Waals surface area contributed by atoms with Crippen LogP contribution in [-0.2, 0) is 14.3 Å². The highest BCUT2D eigenvalue weighted by molar-refractivity contribution is 6.33. The number of hydrogen-bond acceptors (Lipinski definition) is 6. The summed E-state index contributed by atoms with van der Waals surface area (Å²) in [5, 5.41) is 0.339. The summed E-state index contributed by atoms with van der Waals surface area (Å²) >= 11 is 6.07. The zero-order valence-electron chi connectivity index (χ0n) is 13.7. The summed E-state index contributed by atoms with van der Waals surface area (Å²) in [6.45, 7) is 7.44. The molecule has 0 aliphatic carbocycles. The Labute approximate surface area is 140 Å². The molecule has 3 heterocycles. The van der Waals surface area contributed by atoms with Gasteiger partial charge in [-0.1, -0.05) is 25.4 Å². The van der Waals surface area contributed by atoms with Crippen LogP contribution in [0.1, 0.15) is 45.7 Å². The van der Waals surface area contributed by atoms with Gasteiger partial charge in [0.25, 0.3) is 0 Å². The number of imidazole rings is 1. The molecule has 0 spiro atoms. The molecule has 2 aromatic rings. The minimum atomic E-state index is -0.301. The van der Waals surface area contributed by atoms with Crippen molar-refractivity contribution in [2.45, 2.75) is 52.9 Å². The molecule has 0 bridgehead atoms. The minimum Gasteiger partial charge on any atom is -0.463 e. The molecule has 8 heteroatoms. The number of aryl methyl sites for hydroxylation is 1. The molecule has 1 unspecified atom stereocenters. The van der Waals surface area contributed by atoms with Gasteiger partial charge in [0.2, 0.25) is 0 Å². The van der Waals surface area contributed by atoms with Crippen molar-refractivity contribution in [3.05, 3.63) is 17.3 Å². The van der Waals surface area contributed by atoms with Crippen molar-refractivity contribution < 1.29 is 14.3 Å². The number of nitrogens with zero attached hydrogens (tertiary/aromatic N) is 4.